The highest BCUT2D eigenvalue weighted by Crippen LogP contribution is 2.23. The monoisotopic (exact) mass is 408 g/mol. The van der Waals surface area contributed by atoms with E-state index in [-0.39, 0.29) is 18.3 Å². The molecule has 148 valence electrons. The van der Waals surface area contributed by atoms with Crippen LogP contribution in [-0.4, -0.2) is 35.5 Å². The number of aliphatic hydroxyl groups is 1. The Hall–Kier alpha value is -1.40. The maximum Gasteiger partial charge on any atom is 0.222 e. The molecule has 6 heteroatoms. The summed E-state index contributed by atoms with van der Waals surface area (Å²) in [7, 11) is 0. The van der Waals surface area contributed by atoms with Crippen molar-refractivity contribution in [3.8, 4) is 0 Å². The fourth-order valence-electron chi connectivity index (χ4n) is 3.49. The van der Waals surface area contributed by atoms with E-state index in [9.17, 15) is 9.90 Å². The topological polar surface area (TPSA) is 52.6 Å². The van der Waals surface area contributed by atoms with E-state index in [0.717, 1.165) is 42.8 Å². The van der Waals surface area contributed by atoms with Gasteiger partial charge >= 0.3 is 0 Å². The zero-order chi connectivity index (χ0) is 18.2. The van der Waals surface area contributed by atoms with E-state index in [1.165, 1.54) is 11.3 Å². The fraction of sp³-hybridized carbons (Fsp3) is 0.476. The van der Waals surface area contributed by atoms with Gasteiger partial charge in [0.2, 0.25) is 5.91 Å². The lowest BCUT2D eigenvalue weighted by Gasteiger charge is -2.27. The number of carbonyl (C=O) groups excluding carboxylic acids is 1. The van der Waals surface area contributed by atoms with Crippen LogP contribution in [0.15, 0.2) is 47.8 Å². The van der Waals surface area contributed by atoms with Crippen molar-refractivity contribution >= 4 is 29.7 Å². The molecule has 0 saturated carbocycles. The Bertz CT molecular complexity index is 660. The molecule has 1 aliphatic rings. The quantitative estimate of drug-likeness (QED) is 0.693. The summed E-state index contributed by atoms with van der Waals surface area (Å²) in [6.45, 7) is 3.02. The highest BCUT2D eigenvalue weighted by Gasteiger charge is 2.21. The number of benzene rings is 1. The minimum atomic E-state index is -0.624. The molecule has 27 heavy (non-hydrogen) atoms. The van der Waals surface area contributed by atoms with Gasteiger partial charge in [-0.15, -0.1) is 23.7 Å². The van der Waals surface area contributed by atoms with Crippen molar-refractivity contribution in [2.45, 2.75) is 38.3 Å². The van der Waals surface area contributed by atoms with E-state index in [2.05, 4.69) is 5.32 Å². The van der Waals surface area contributed by atoms with Crippen molar-refractivity contribution in [3.05, 3.63) is 58.3 Å². The second-order valence-corrected chi connectivity index (χ2v) is 8.00. The molecule has 2 aromatic rings. The van der Waals surface area contributed by atoms with Gasteiger partial charge < -0.3 is 15.3 Å². The largest absolute Gasteiger partial charge is 0.386 e. The van der Waals surface area contributed by atoms with E-state index in [4.69, 9.17) is 0 Å². The van der Waals surface area contributed by atoms with Crippen LogP contribution in [0, 0.1) is 5.92 Å². The lowest BCUT2D eigenvalue weighted by Crippen LogP contribution is -2.35. The number of thiophene rings is 1. The lowest BCUT2D eigenvalue weighted by molar-refractivity contribution is -0.133. The molecule has 1 aromatic carbocycles. The van der Waals surface area contributed by atoms with Gasteiger partial charge in [-0.3, -0.25) is 4.79 Å². The van der Waals surface area contributed by atoms with Gasteiger partial charge in [0.1, 0.15) is 6.10 Å². The Kier molecular flexibility index (Phi) is 9.28. The summed E-state index contributed by atoms with van der Waals surface area (Å²) in [6, 6.07) is 13.9. The first-order valence-corrected chi connectivity index (χ1v) is 10.3. The zero-order valence-corrected chi connectivity index (χ0v) is 17.2. The van der Waals surface area contributed by atoms with Crippen LogP contribution in [0.3, 0.4) is 0 Å². The summed E-state index contributed by atoms with van der Waals surface area (Å²) < 4.78 is 0. The van der Waals surface area contributed by atoms with E-state index in [1.807, 2.05) is 52.7 Å². The van der Waals surface area contributed by atoms with Gasteiger partial charge in [0, 0.05) is 17.8 Å². The average Bonchev–Trinajstić information content (AvgIpc) is 3.22. The molecule has 0 radical (unpaired) electrons. The van der Waals surface area contributed by atoms with Crippen LogP contribution in [-0.2, 0) is 11.3 Å². The highest BCUT2D eigenvalue weighted by atomic mass is 35.5. The Morgan fingerprint density at radius 1 is 1.19 bits per heavy atom. The molecule has 1 amide bonds. The summed E-state index contributed by atoms with van der Waals surface area (Å²) in [5.74, 6) is 0.781. The minimum absolute atomic E-state index is 0. The summed E-state index contributed by atoms with van der Waals surface area (Å²) >= 11 is 1.53. The van der Waals surface area contributed by atoms with Gasteiger partial charge in [0.25, 0.3) is 0 Å². The average molecular weight is 409 g/mol. The SMILES string of the molecule is Cl.O=C(CCC1CCNCC1)N(Cc1ccccc1)CC(O)c1cccs1. The van der Waals surface area contributed by atoms with Crippen molar-refractivity contribution < 1.29 is 9.90 Å². The molecule has 1 unspecified atom stereocenters. The molecule has 0 spiro atoms. The number of hydrogen-bond donors (Lipinski definition) is 2. The molecule has 0 aliphatic carbocycles. The number of rotatable bonds is 8. The third-order valence-corrected chi connectivity index (χ3v) is 6.03. The molecular formula is C21H29ClN2O2S. The molecule has 1 aromatic heterocycles. The maximum atomic E-state index is 12.9. The third-order valence-electron chi connectivity index (χ3n) is 5.06. The Balaban J connectivity index is 0.00000261. The van der Waals surface area contributed by atoms with E-state index < -0.39 is 6.10 Å². The van der Waals surface area contributed by atoms with Gasteiger partial charge in [-0.25, -0.2) is 0 Å². The van der Waals surface area contributed by atoms with Gasteiger partial charge in [0.05, 0.1) is 6.54 Å². The van der Waals surface area contributed by atoms with Crippen molar-refractivity contribution in [1.29, 1.82) is 0 Å². The van der Waals surface area contributed by atoms with E-state index in [1.54, 1.807) is 0 Å². The molecule has 1 atom stereocenters. The summed E-state index contributed by atoms with van der Waals surface area (Å²) in [5, 5.41) is 15.9. The van der Waals surface area contributed by atoms with E-state index >= 15 is 0 Å². The molecule has 1 aliphatic heterocycles. The second-order valence-electron chi connectivity index (χ2n) is 7.02. The number of carbonyl (C=O) groups is 1. The molecule has 1 saturated heterocycles. The summed E-state index contributed by atoms with van der Waals surface area (Å²) in [4.78, 5) is 15.6. The van der Waals surface area contributed by atoms with Crippen LogP contribution in [0.1, 0.15) is 42.2 Å². The summed E-state index contributed by atoms with van der Waals surface area (Å²) in [5.41, 5.74) is 1.10. The smallest absolute Gasteiger partial charge is 0.222 e. The zero-order valence-electron chi connectivity index (χ0n) is 15.5. The third kappa shape index (κ3) is 6.92. The van der Waals surface area contributed by atoms with Crippen molar-refractivity contribution in [1.82, 2.24) is 10.2 Å². The van der Waals surface area contributed by atoms with Crippen LogP contribution < -0.4 is 5.32 Å². The number of piperidine rings is 1. The first-order chi connectivity index (χ1) is 12.7. The number of hydrogen-bond acceptors (Lipinski definition) is 4. The molecular weight excluding hydrogens is 380 g/mol. The van der Waals surface area contributed by atoms with Gasteiger partial charge in [0.15, 0.2) is 0 Å². The minimum Gasteiger partial charge on any atom is -0.386 e. The number of halogens is 1. The highest BCUT2D eigenvalue weighted by molar-refractivity contribution is 7.10. The number of nitrogens with zero attached hydrogens (tertiary/aromatic N) is 1. The number of aliphatic hydroxyl groups excluding tert-OH is 1. The van der Waals surface area contributed by atoms with Crippen molar-refractivity contribution in [2.24, 2.45) is 5.92 Å². The number of amides is 1. The van der Waals surface area contributed by atoms with Gasteiger partial charge in [-0.05, 0) is 55.3 Å². The van der Waals surface area contributed by atoms with Gasteiger partial charge in [-0.2, -0.15) is 0 Å². The fourth-order valence-corrected chi connectivity index (χ4v) is 4.20. The maximum absolute atomic E-state index is 12.9. The van der Waals surface area contributed by atoms with E-state index in [0.29, 0.717) is 25.4 Å². The molecule has 3 rings (SSSR count). The molecule has 1 fully saturated rings. The normalized spacial score (nSPS) is 15.7. The van der Waals surface area contributed by atoms with Gasteiger partial charge in [-0.1, -0.05) is 36.4 Å². The standard InChI is InChI=1S/C21H28N2O2S.ClH/c24-19(20-7-4-14-26-20)16-23(15-18-5-2-1-3-6-18)21(25)9-8-17-10-12-22-13-11-17;/h1-7,14,17,19,22,24H,8-13,15-16H2;1H. The number of nitrogens with one attached hydrogen (secondary N) is 1. The Morgan fingerprint density at radius 3 is 2.59 bits per heavy atom. The summed E-state index contributed by atoms with van der Waals surface area (Å²) in [6.07, 6.45) is 3.20. The first kappa shape index (κ1) is 21.9. The van der Waals surface area contributed by atoms with Crippen LogP contribution in [0.2, 0.25) is 0 Å². The molecule has 0 bridgehead atoms. The predicted molar refractivity (Wildman–Crippen MR) is 113 cm³/mol. The Morgan fingerprint density at radius 2 is 1.93 bits per heavy atom. The predicted octanol–water partition coefficient (Wildman–Crippen LogP) is 4.01. The lowest BCUT2D eigenvalue weighted by atomic mass is 9.93. The van der Waals surface area contributed by atoms with Crippen LogP contribution in [0.25, 0.3) is 0 Å². The van der Waals surface area contributed by atoms with Crippen molar-refractivity contribution in [3.63, 3.8) is 0 Å². The van der Waals surface area contributed by atoms with Crippen LogP contribution >= 0.6 is 23.7 Å². The van der Waals surface area contributed by atoms with Crippen molar-refractivity contribution in [2.75, 3.05) is 19.6 Å². The van der Waals surface area contributed by atoms with Crippen LogP contribution in [0.5, 0.6) is 0 Å². The van der Waals surface area contributed by atoms with Crippen LogP contribution in [0.4, 0.5) is 0 Å². The first-order valence-electron chi connectivity index (χ1n) is 9.46. The Labute approximate surface area is 172 Å². The second kappa shape index (κ2) is 11.4. The molecule has 4 nitrogen and oxygen atoms in total. The molecule has 2 N–H and O–H groups in total. The molecule has 2 heterocycles.